The highest BCUT2D eigenvalue weighted by Gasteiger charge is 2.18. The van der Waals surface area contributed by atoms with E-state index in [1.165, 1.54) is 18.5 Å². The summed E-state index contributed by atoms with van der Waals surface area (Å²) in [5.74, 6) is 0.290. The number of anilines is 1. The second kappa shape index (κ2) is 6.20. The van der Waals surface area contributed by atoms with E-state index in [2.05, 4.69) is 22.3 Å². The van der Waals surface area contributed by atoms with Crippen molar-refractivity contribution < 1.29 is 4.79 Å². The van der Waals surface area contributed by atoms with Gasteiger partial charge in [0.1, 0.15) is 0 Å². The maximum atomic E-state index is 11.9. The van der Waals surface area contributed by atoms with Crippen LogP contribution >= 0.6 is 0 Å². The average molecular weight is 260 g/mol. The third-order valence-corrected chi connectivity index (χ3v) is 3.94. The van der Waals surface area contributed by atoms with Gasteiger partial charge in [-0.3, -0.25) is 4.79 Å². The van der Waals surface area contributed by atoms with Gasteiger partial charge in [0, 0.05) is 36.3 Å². The fourth-order valence-corrected chi connectivity index (χ4v) is 2.60. The van der Waals surface area contributed by atoms with Gasteiger partial charge in [-0.25, -0.2) is 0 Å². The molecule has 0 spiro atoms. The molecule has 0 bridgehead atoms. The highest BCUT2D eigenvalue weighted by Crippen LogP contribution is 2.21. The number of benzene rings is 1. The standard InChI is InChI=1S/C16H24N2O/c1-12(2)16(19)13-4-6-15(7-5-13)18-10-8-14(17-3)9-11-18/h4-7,12,14,17H,8-11H2,1-3H3. The minimum atomic E-state index is 0.0669. The Kier molecular flexibility index (Phi) is 4.59. The molecule has 0 saturated carbocycles. The van der Waals surface area contributed by atoms with Gasteiger partial charge in [0.05, 0.1) is 0 Å². The van der Waals surface area contributed by atoms with Crippen LogP contribution in [-0.2, 0) is 0 Å². The number of nitrogens with one attached hydrogen (secondary N) is 1. The predicted molar refractivity (Wildman–Crippen MR) is 79.9 cm³/mol. The molecule has 1 heterocycles. The molecule has 104 valence electrons. The van der Waals surface area contributed by atoms with Crippen LogP contribution in [0, 0.1) is 5.92 Å². The minimum Gasteiger partial charge on any atom is -0.371 e. The molecule has 0 atom stereocenters. The Morgan fingerprint density at radius 1 is 1.21 bits per heavy atom. The van der Waals surface area contributed by atoms with E-state index < -0.39 is 0 Å². The van der Waals surface area contributed by atoms with E-state index in [1.54, 1.807) is 0 Å². The van der Waals surface area contributed by atoms with Crippen molar-refractivity contribution >= 4 is 11.5 Å². The Labute approximate surface area is 116 Å². The lowest BCUT2D eigenvalue weighted by molar-refractivity contribution is 0.0939. The quantitative estimate of drug-likeness (QED) is 0.845. The SMILES string of the molecule is CNC1CCN(c2ccc(C(=O)C(C)C)cc2)CC1. The summed E-state index contributed by atoms with van der Waals surface area (Å²) >= 11 is 0. The molecule has 1 aromatic rings. The lowest BCUT2D eigenvalue weighted by Gasteiger charge is -2.33. The average Bonchev–Trinajstić information content (AvgIpc) is 2.46. The fraction of sp³-hybridized carbons (Fsp3) is 0.562. The molecule has 19 heavy (non-hydrogen) atoms. The van der Waals surface area contributed by atoms with Gasteiger partial charge < -0.3 is 10.2 Å². The molecule has 0 aromatic heterocycles. The Bertz CT molecular complexity index is 417. The van der Waals surface area contributed by atoms with Gasteiger partial charge in [-0.1, -0.05) is 13.8 Å². The van der Waals surface area contributed by atoms with Gasteiger partial charge in [-0.2, -0.15) is 0 Å². The molecule has 3 nitrogen and oxygen atoms in total. The van der Waals surface area contributed by atoms with Gasteiger partial charge >= 0.3 is 0 Å². The van der Waals surface area contributed by atoms with Crippen LogP contribution < -0.4 is 10.2 Å². The van der Waals surface area contributed by atoms with Gasteiger partial charge in [0.25, 0.3) is 0 Å². The number of piperidine rings is 1. The Balaban J connectivity index is 2.01. The molecule has 1 aromatic carbocycles. The Hall–Kier alpha value is -1.35. The third kappa shape index (κ3) is 3.35. The van der Waals surface area contributed by atoms with Crippen molar-refractivity contribution in [3.63, 3.8) is 0 Å². The maximum Gasteiger partial charge on any atom is 0.165 e. The van der Waals surface area contributed by atoms with Crippen LogP contribution in [0.15, 0.2) is 24.3 Å². The molecule has 3 heteroatoms. The van der Waals surface area contributed by atoms with Crippen molar-refractivity contribution in [1.82, 2.24) is 5.32 Å². The summed E-state index contributed by atoms with van der Waals surface area (Å²) in [5.41, 5.74) is 2.05. The van der Waals surface area contributed by atoms with Crippen molar-refractivity contribution in [2.75, 3.05) is 25.0 Å². The highest BCUT2D eigenvalue weighted by molar-refractivity contribution is 5.97. The first kappa shape index (κ1) is 14.1. The summed E-state index contributed by atoms with van der Waals surface area (Å²) in [7, 11) is 2.03. The Morgan fingerprint density at radius 3 is 2.26 bits per heavy atom. The van der Waals surface area contributed by atoms with Crippen LogP contribution in [0.2, 0.25) is 0 Å². The molecule has 1 saturated heterocycles. The van der Waals surface area contributed by atoms with Gasteiger partial charge in [-0.05, 0) is 44.2 Å². The lowest BCUT2D eigenvalue weighted by Crippen LogP contribution is -2.41. The lowest BCUT2D eigenvalue weighted by atomic mass is 10.00. The number of hydrogen-bond acceptors (Lipinski definition) is 3. The van der Waals surface area contributed by atoms with Crippen molar-refractivity contribution in [3.8, 4) is 0 Å². The molecule has 0 unspecified atom stereocenters. The third-order valence-electron chi connectivity index (χ3n) is 3.94. The zero-order chi connectivity index (χ0) is 13.8. The predicted octanol–water partition coefficient (Wildman–Crippen LogP) is 2.71. The summed E-state index contributed by atoms with van der Waals surface area (Å²) in [5, 5.41) is 3.34. The smallest absolute Gasteiger partial charge is 0.165 e. The van der Waals surface area contributed by atoms with Gasteiger partial charge in [0.2, 0.25) is 0 Å². The largest absolute Gasteiger partial charge is 0.371 e. The topological polar surface area (TPSA) is 32.3 Å². The van der Waals surface area contributed by atoms with E-state index in [4.69, 9.17) is 0 Å². The summed E-state index contributed by atoms with van der Waals surface area (Å²) < 4.78 is 0. The zero-order valence-corrected chi connectivity index (χ0v) is 12.1. The van der Waals surface area contributed by atoms with E-state index >= 15 is 0 Å². The molecule has 1 fully saturated rings. The van der Waals surface area contributed by atoms with Crippen LogP contribution in [-0.4, -0.2) is 32.0 Å². The van der Waals surface area contributed by atoms with Crippen molar-refractivity contribution in [2.24, 2.45) is 5.92 Å². The van der Waals surface area contributed by atoms with E-state index in [-0.39, 0.29) is 11.7 Å². The Morgan fingerprint density at radius 2 is 1.79 bits per heavy atom. The molecule has 1 aliphatic heterocycles. The minimum absolute atomic E-state index is 0.0669. The molecule has 0 radical (unpaired) electrons. The van der Waals surface area contributed by atoms with Crippen LogP contribution in [0.4, 0.5) is 5.69 Å². The molecule has 1 aliphatic rings. The number of rotatable bonds is 4. The number of carbonyl (C=O) groups excluding carboxylic acids is 1. The van der Waals surface area contributed by atoms with E-state index in [0.29, 0.717) is 6.04 Å². The van der Waals surface area contributed by atoms with Crippen LogP contribution in [0.1, 0.15) is 37.0 Å². The van der Waals surface area contributed by atoms with Gasteiger partial charge in [-0.15, -0.1) is 0 Å². The molecular weight excluding hydrogens is 236 g/mol. The summed E-state index contributed by atoms with van der Waals surface area (Å²) in [6.07, 6.45) is 2.37. The van der Waals surface area contributed by atoms with Crippen molar-refractivity contribution in [2.45, 2.75) is 32.7 Å². The zero-order valence-electron chi connectivity index (χ0n) is 12.1. The van der Waals surface area contributed by atoms with E-state index in [9.17, 15) is 4.79 Å². The summed E-state index contributed by atoms with van der Waals surface area (Å²) in [6.45, 7) is 6.06. The number of hydrogen-bond donors (Lipinski definition) is 1. The first-order valence-electron chi connectivity index (χ1n) is 7.18. The second-order valence-corrected chi connectivity index (χ2v) is 5.62. The number of nitrogens with zero attached hydrogens (tertiary/aromatic N) is 1. The van der Waals surface area contributed by atoms with Gasteiger partial charge in [0.15, 0.2) is 5.78 Å². The number of Topliss-reactive ketones (excluding diaryl/α,β-unsaturated/α-hetero) is 1. The normalized spacial score (nSPS) is 16.9. The van der Waals surface area contributed by atoms with Crippen LogP contribution in [0.3, 0.4) is 0 Å². The monoisotopic (exact) mass is 260 g/mol. The molecule has 0 aliphatic carbocycles. The second-order valence-electron chi connectivity index (χ2n) is 5.62. The molecule has 0 amide bonds. The van der Waals surface area contributed by atoms with Crippen molar-refractivity contribution in [1.29, 1.82) is 0 Å². The first-order valence-corrected chi connectivity index (χ1v) is 7.18. The molecule has 1 N–H and O–H groups in total. The first-order chi connectivity index (χ1) is 9.11. The van der Waals surface area contributed by atoms with E-state index in [1.807, 2.05) is 33.0 Å². The van der Waals surface area contributed by atoms with Crippen molar-refractivity contribution in [3.05, 3.63) is 29.8 Å². The molecular formula is C16H24N2O. The van der Waals surface area contributed by atoms with Crippen LogP contribution in [0.25, 0.3) is 0 Å². The van der Waals surface area contributed by atoms with Crippen LogP contribution in [0.5, 0.6) is 0 Å². The number of ketones is 1. The molecule has 2 rings (SSSR count). The summed E-state index contributed by atoms with van der Waals surface area (Å²) in [6, 6.07) is 8.73. The number of carbonyl (C=O) groups is 1. The fourth-order valence-electron chi connectivity index (χ4n) is 2.60. The highest BCUT2D eigenvalue weighted by atomic mass is 16.1. The summed E-state index contributed by atoms with van der Waals surface area (Å²) in [4.78, 5) is 14.3. The van der Waals surface area contributed by atoms with E-state index in [0.717, 1.165) is 18.7 Å². The maximum absolute atomic E-state index is 11.9.